The lowest BCUT2D eigenvalue weighted by Gasteiger charge is -2.22. The lowest BCUT2D eigenvalue weighted by Crippen LogP contribution is -2.34. The number of likely N-dealkylation sites (N-methyl/N-ethyl adjacent to an activating group) is 1. The number of fused-ring (bicyclic) bond motifs is 1. The first-order valence-electron chi connectivity index (χ1n) is 8.76. The second-order valence-electron chi connectivity index (χ2n) is 6.10. The summed E-state index contributed by atoms with van der Waals surface area (Å²) in [7, 11) is 0. The fraction of sp³-hybridized carbons (Fsp3) is 0.182. The van der Waals surface area contributed by atoms with Crippen molar-refractivity contribution >= 4 is 28.3 Å². The number of esters is 1. The Morgan fingerprint density at radius 1 is 0.963 bits per heavy atom. The normalized spacial score (nSPS) is 10.6. The van der Waals surface area contributed by atoms with E-state index < -0.39 is 5.97 Å². The predicted octanol–water partition coefficient (Wildman–Crippen LogP) is 4.12. The van der Waals surface area contributed by atoms with Crippen LogP contribution in [0, 0.1) is 5.82 Å². The van der Waals surface area contributed by atoms with Crippen LogP contribution in [0.25, 0.3) is 10.8 Å². The first-order chi connectivity index (χ1) is 13.1. The van der Waals surface area contributed by atoms with Crippen molar-refractivity contribution in [2.75, 3.05) is 18.1 Å². The number of carbonyl (C=O) groups is 2. The third kappa shape index (κ3) is 4.50. The van der Waals surface area contributed by atoms with Crippen molar-refractivity contribution in [3.63, 3.8) is 0 Å². The standard InChI is InChI=1S/C22H20FNO3/c1-2-24(20-9-5-7-17-6-3-4-8-19(17)20)21(25)15-27-22(26)14-16-10-12-18(23)13-11-16/h3-13H,2,14-15H2,1H3. The Morgan fingerprint density at radius 3 is 2.41 bits per heavy atom. The third-order valence-electron chi connectivity index (χ3n) is 4.29. The molecule has 0 aliphatic heterocycles. The highest BCUT2D eigenvalue weighted by molar-refractivity contribution is 6.04. The molecule has 3 aromatic carbocycles. The summed E-state index contributed by atoms with van der Waals surface area (Å²) in [5, 5.41) is 2.00. The lowest BCUT2D eigenvalue weighted by atomic mass is 10.1. The van der Waals surface area contributed by atoms with Gasteiger partial charge in [0.1, 0.15) is 5.82 Å². The monoisotopic (exact) mass is 365 g/mol. The molecule has 0 bridgehead atoms. The Balaban J connectivity index is 1.66. The van der Waals surface area contributed by atoms with Crippen molar-refractivity contribution in [2.45, 2.75) is 13.3 Å². The van der Waals surface area contributed by atoms with Crippen LogP contribution in [0.4, 0.5) is 10.1 Å². The van der Waals surface area contributed by atoms with Gasteiger partial charge in [-0.2, -0.15) is 0 Å². The highest BCUT2D eigenvalue weighted by Gasteiger charge is 2.18. The zero-order valence-corrected chi connectivity index (χ0v) is 15.0. The molecule has 0 fully saturated rings. The average molecular weight is 365 g/mol. The highest BCUT2D eigenvalue weighted by atomic mass is 19.1. The molecule has 3 aromatic rings. The van der Waals surface area contributed by atoms with Gasteiger partial charge in [-0.25, -0.2) is 4.39 Å². The van der Waals surface area contributed by atoms with Crippen LogP contribution in [0.2, 0.25) is 0 Å². The van der Waals surface area contributed by atoms with Crippen LogP contribution in [-0.2, 0) is 20.7 Å². The number of hydrogen-bond donors (Lipinski definition) is 0. The molecule has 0 saturated heterocycles. The van der Waals surface area contributed by atoms with Crippen LogP contribution < -0.4 is 4.90 Å². The number of carbonyl (C=O) groups excluding carboxylic acids is 2. The summed E-state index contributed by atoms with van der Waals surface area (Å²) in [6.45, 7) is 2.00. The molecule has 3 rings (SSSR count). The van der Waals surface area contributed by atoms with Gasteiger partial charge in [0, 0.05) is 11.9 Å². The summed E-state index contributed by atoms with van der Waals surface area (Å²) in [5.74, 6) is -1.18. The van der Waals surface area contributed by atoms with Crippen molar-refractivity contribution in [3.05, 3.63) is 78.1 Å². The van der Waals surface area contributed by atoms with E-state index in [2.05, 4.69) is 0 Å². The molecule has 0 radical (unpaired) electrons. The van der Waals surface area contributed by atoms with Gasteiger partial charge in [0.2, 0.25) is 0 Å². The Morgan fingerprint density at radius 2 is 1.67 bits per heavy atom. The maximum atomic E-state index is 12.9. The predicted molar refractivity (Wildman–Crippen MR) is 103 cm³/mol. The number of hydrogen-bond acceptors (Lipinski definition) is 3. The minimum Gasteiger partial charge on any atom is -0.455 e. The molecule has 4 nitrogen and oxygen atoms in total. The second kappa shape index (κ2) is 8.45. The Kier molecular flexibility index (Phi) is 5.81. The topological polar surface area (TPSA) is 46.6 Å². The third-order valence-corrected chi connectivity index (χ3v) is 4.29. The Hall–Kier alpha value is -3.21. The van der Waals surface area contributed by atoms with E-state index in [0.29, 0.717) is 12.1 Å². The van der Waals surface area contributed by atoms with Crippen molar-refractivity contribution < 1.29 is 18.7 Å². The van der Waals surface area contributed by atoms with Crippen LogP contribution in [0.5, 0.6) is 0 Å². The van der Waals surface area contributed by atoms with Crippen LogP contribution in [0.3, 0.4) is 0 Å². The molecule has 0 N–H and O–H groups in total. The van der Waals surface area contributed by atoms with Crippen LogP contribution in [0.15, 0.2) is 66.7 Å². The van der Waals surface area contributed by atoms with Crippen LogP contribution in [-0.4, -0.2) is 25.0 Å². The first-order valence-corrected chi connectivity index (χ1v) is 8.76. The summed E-state index contributed by atoms with van der Waals surface area (Å²) in [6.07, 6.45) is -0.00600. The van der Waals surface area contributed by atoms with E-state index in [-0.39, 0.29) is 24.8 Å². The van der Waals surface area contributed by atoms with Gasteiger partial charge >= 0.3 is 5.97 Å². The largest absolute Gasteiger partial charge is 0.455 e. The fourth-order valence-corrected chi connectivity index (χ4v) is 2.96. The molecular formula is C22H20FNO3. The summed E-state index contributed by atoms with van der Waals surface area (Å²) >= 11 is 0. The van der Waals surface area contributed by atoms with E-state index in [4.69, 9.17) is 4.74 Å². The molecule has 0 atom stereocenters. The second-order valence-corrected chi connectivity index (χ2v) is 6.10. The van der Waals surface area contributed by atoms with Crippen molar-refractivity contribution in [1.29, 1.82) is 0 Å². The van der Waals surface area contributed by atoms with Gasteiger partial charge in [0.15, 0.2) is 6.61 Å². The molecule has 27 heavy (non-hydrogen) atoms. The van der Waals surface area contributed by atoms with Gasteiger partial charge in [-0.15, -0.1) is 0 Å². The average Bonchev–Trinajstić information content (AvgIpc) is 2.69. The van der Waals surface area contributed by atoms with Crippen molar-refractivity contribution in [2.24, 2.45) is 0 Å². The van der Waals surface area contributed by atoms with E-state index in [1.54, 1.807) is 4.90 Å². The van der Waals surface area contributed by atoms with Crippen LogP contribution in [0.1, 0.15) is 12.5 Å². The Bertz CT molecular complexity index is 948. The summed E-state index contributed by atoms with van der Waals surface area (Å²) < 4.78 is 18.0. The molecule has 138 valence electrons. The first kappa shape index (κ1) is 18.6. The molecule has 0 unspecified atom stereocenters. The molecule has 0 aliphatic rings. The number of halogens is 1. The zero-order valence-electron chi connectivity index (χ0n) is 15.0. The number of nitrogens with zero attached hydrogens (tertiary/aromatic N) is 1. The summed E-state index contributed by atoms with van der Waals surface area (Å²) in [6, 6.07) is 19.2. The van der Waals surface area contributed by atoms with Crippen molar-refractivity contribution in [3.8, 4) is 0 Å². The smallest absolute Gasteiger partial charge is 0.310 e. The molecule has 0 aliphatic carbocycles. The van der Waals surface area contributed by atoms with Gasteiger partial charge in [-0.05, 0) is 36.1 Å². The Labute approximate surface area is 157 Å². The maximum Gasteiger partial charge on any atom is 0.310 e. The van der Waals surface area contributed by atoms with E-state index in [0.717, 1.165) is 16.5 Å². The number of anilines is 1. The highest BCUT2D eigenvalue weighted by Crippen LogP contribution is 2.26. The lowest BCUT2D eigenvalue weighted by molar-refractivity contribution is -0.147. The molecule has 1 amide bonds. The summed E-state index contributed by atoms with van der Waals surface area (Å²) in [4.78, 5) is 26.2. The van der Waals surface area contributed by atoms with E-state index in [1.165, 1.54) is 24.3 Å². The molecule has 0 heterocycles. The number of ether oxygens (including phenoxy) is 1. The quantitative estimate of drug-likeness (QED) is 0.618. The van der Waals surface area contributed by atoms with Gasteiger partial charge in [0.25, 0.3) is 5.91 Å². The molecular weight excluding hydrogens is 345 g/mol. The minimum absolute atomic E-state index is 0.00600. The zero-order chi connectivity index (χ0) is 19.2. The van der Waals surface area contributed by atoms with Crippen molar-refractivity contribution in [1.82, 2.24) is 0 Å². The van der Waals surface area contributed by atoms with E-state index >= 15 is 0 Å². The molecule has 5 heteroatoms. The fourth-order valence-electron chi connectivity index (χ4n) is 2.96. The number of rotatable bonds is 6. The number of amides is 1. The molecule has 0 aromatic heterocycles. The minimum atomic E-state index is -0.524. The van der Waals surface area contributed by atoms with Gasteiger partial charge < -0.3 is 9.64 Å². The van der Waals surface area contributed by atoms with Gasteiger partial charge in [-0.1, -0.05) is 48.5 Å². The van der Waals surface area contributed by atoms with Gasteiger partial charge in [-0.3, -0.25) is 9.59 Å². The van der Waals surface area contributed by atoms with Gasteiger partial charge in [0.05, 0.1) is 12.1 Å². The molecule has 0 spiro atoms. The van der Waals surface area contributed by atoms with E-state index in [9.17, 15) is 14.0 Å². The number of benzene rings is 3. The maximum absolute atomic E-state index is 12.9. The van der Waals surface area contributed by atoms with E-state index in [1.807, 2.05) is 49.4 Å². The molecule has 0 saturated carbocycles. The SMILES string of the molecule is CCN(C(=O)COC(=O)Cc1ccc(F)cc1)c1cccc2ccccc12. The summed E-state index contributed by atoms with van der Waals surface area (Å²) in [5.41, 5.74) is 1.42. The van der Waals surface area contributed by atoms with Crippen LogP contribution >= 0.6 is 0 Å².